The summed E-state index contributed by atoms with van der Waals surface area (Å²) in [5, 5.41) is 8.95. The molecule has 0 aliphatic rings. The summed E-state index contributed by atoms with van der Waals surface area (Å²) in [4.78, 5) is 11.0. The van der Waals surface area contributed by atoms with Gasteiger partial charge in [0, 0.05) is 5.56 Å². The Morgan fingerprint density at radius 1 is 1.00 bits per heavy atom. The fourth-order valence-corrected chi connectivity index (χ4v) is 1.74. The minimum atomic E-state index is -2.79. The van der Waals surface area contributed by atoms with E-state index in [-0.39, 0.29) is 5.56 Å². The van der Waals surface area contributed by atoms with E-state index in [9.17, 15) is 13.6 Å². The fraction of sp³-hybridized carbons (Fsp3) is 0.0714. The highest BCUT2D eigenvalue weighted by Crippen LogP contribution is 2.28. The average molecular weight is 248 g/mol. The predicted molar refractivity (Wildman–Crippen MR) is 63.8 cm³/mol. The summed E-state index contributed by atoms with van der Waals surface area (Å²) in [5.41, 5.74) is 0.590. The summed E-state index contributed by atoms with van der Waals surface area (Å²) < 4.78 is 25.3. The Morgan fingerprint density at radius 3 is 2.22 bits per heavy atom. The first-order chi connectivity index (χ1) is 8.59. The number of alkyl halides is 2. The number of hydrogen-bond donors (Lipinski definition) is 1. The molecule has 0 aliphatic carbocycles. The zero-order valence-corrected chi connectivity index (χ0v) is 9.31. The van der Waals surface area contributed by atoms with Gasteiger partial charge in [-0.1, -0.05) is 42.5 Å². The van der Waals surface area contributed by atoms with Gasteiger partial charge >= 0.3 is 5.97 Å². The number of aromatic carboxylic acids is 1. The summed E-state index contributed by atoms with van der Waals surface area (Å²) in [6, 6.07) is 13.0. The molecular formula is C14H10F2O2. The Labute approximate surface area is 103 Å². The van der Waals surface area contributed by atoms with Crippen molar-refractivity contribution in [2.45, 2.75) is 6.43 Å². The first-order valence-corrected chi connectivity index (χ1v) is 5.30. The van der Waals surface area contributed by atoms with E-state index >= 15 is 0 Å². The second-order valence-electron chi connectivity index (χ2n) is 3.77. The normalized spacial score (nSPS) is 10.6. The summed E-state index contributed by atoms with van der Waals surface area (Å²) in [5.74, 6) is -1.34. The monoisotopic (exact) mass is 248 g/mol. The largest absolute Gasteiger partial charge is 0.478 e. The van der Waals surface area contributed by atoms with Gasteiger partial charge in [0.1, 0.15) is 0 Å². The quantitative estimate of drug-likeness (QED) is 0.891. The van der Waals surface area contributed by atoms with Gasteiger partial charge in [-0.25, -0.2) is 13.6 Å². The summed E-state index contributed by atoms with van der Waals surface area (Å²) >= 11 is 0. The van der Waals surface area contributed by atoms with Crippen LogP contribution < -0.4 is 0 Å². The van der Waals surface area contributed by atoms with Crippen LogP contribution in [0.1, 0.15) is 22.3 Å². The number of benzene rings is 2. The van der Waals surface area contributed by atoms with Crippen molar-refractivity contribution < 1.29 is 18.7 Å². The number of halogens is 2. The molecule has 0 atom stereocenters. The van der Waals surface area contributed by atoms with Crippen molar-refractivity contribution in [3.8, 4) is 11.1 Å². The van der Waals surface area contributed by atoms with Crippen LogP contribution in [0.3, 0.4) is 0 Å². The van der Waals surface area contributed by atoms with E-state index in [1.807, 2.05) is 6.07 Å². The van der Waals surface area contributed by atoms with Crippen molar-refractivity contribution in [3.05, 3.63) is 59.7 Å². The lowest BCUT2D eigenvalue weighted by molar-refractivity contribution is 0.0684. The Morgan fingerprint density at radius 2 is 1.67 bits per heavy atom. The zero-order chi connectivity index (χ0) is 13.1. The first-order valence-electron chi connectivity index (χ1n) is 5.30. The van der Waals surface area contributed by atoms with Crippen LogP contribution in [0, 0.1) is 0 Å². The van der Waals surface area contributed by atoms with Crippen LogP contribution in [0.5, 0.6) is 0 Å². The van der Waals surface area contributed by atoms with Gasteiger partial charge in [-0.15, -0.1) is 0 Å². The molecule has 4 heteroatoms. The van der Waals surface area contributed by atoms with Crippen LogP contribution in [-0.4, -0.2) is 11.1 Å². The topological polar surface area (TPSA) is 37.3 Å². The van der Waals surface area contributed by atoms with E-state index in [2.05, 4.69) is 0 Å². The van der Waals surface area contributed by atoms with Crippen molar-refractivity contribution in [1.82, 2.24) is 0 Å². The van der Waals surface area contributed by atoms with Gasteiger partial charge in [-0.3, -0.25) is 0 Å². The molecule has 0 fully saturated rings. The highest BCUT2D eigenvalue weighted by molar-refractivity contribution is 5.91. The number of carboxylic acids is 1. The van der Waals surface area contributed by atoms with Crippen molar-refractivity contribution in [3.63, 3.8) is 0 Å². The Kier molecular flexibility index (Phi) is 3.37. The van der Waals surface area contributed by atoms with Crippen LogP contribution in [0.2, 0.25) is 0 Å². The highest BCUT2D eigenvalue weighted by atomic mass is 19.3. The van der Waals surface area contributed by atoms with Crippen LogP contribution in [0.4, 0.5) is 8.78 Å². The van der Waals surface area contributed by atoms with Gasteiger partial charge in [-0.05, 0) is 17.2 Å². The molecule has 0 spiro atoms. The Hall–Kier alpha value is -2.23. The molecular weight excluding hydrogens is 238 g/mol. The van der Waals surface area contributed by atoms with Gasteiger partial charge in [0.25, 0.3) is 6.43 Å². The van der Waals surface area contributed by atoms with E-state index in [1.54, 1.807) is 24.3 Å². The smallest absolute Gasteiger partial charge is 0.336 e. The SMILES string of the molecule is O=C(O)c1cc(-c2ccccc2)ccc1C(F)F. The second-order valence-corrected chi connectivity index (χ2v) is 3.77. The van der Waals surface area contributed by atoms with E-state index in [0.717, 1.165) is 11.6 Å². The van der Waals surface area contributed by atoms with E-state index in [1.165, 1.54) is 12.1 Å². The number of hydrogen-bond acceptors (Lipinski definition) is 1. The lowest BCUT2D eigenvalue weighted by Crippen LogP contribution is -2.03. The van der Waals surface area contributed by atoms with Gasteiger partial charge in [0.05, 0.1) is 5.56 Å². The van der Waals surface area contributed by atoms with Gasteiger partial charge < -0.3 is 5.11 Å². The molecule has 2 nitrogen and oxygen atoms in total. The molecule has 0 bridgehead atoms. The third-order valence-electron chi connectivity index (χ3n) is 2.63. The molecule has 18 heavy (non-hydrogen) atoms. The number of carbonyl (C=O) groups is 1. The molecule has 0 amide bonds. The molecule has 1 N–H and O–H groups in total. The maximum atomic E-state index is 12.7. The number of carboxylic acid groups (broad SMARTS) is 1. The molecule has 0 aromatic heterocycles. The molecule has 2 rings (SSSR count). The maximum absolute atomic E-state index is 12.7. The molecule has 2 aromatic rings. The minimum absolute atomic E-state index is 0.355. The maximum Gasteiger partial charge on any atom is 0.336 e. The average Bonchev–Trinajstić information content (AvgIpc) is 2.39. The van der Waals surface area contributed by atoms with Crippen LogP contribution in [0.25, 0.3) is 11.1 Å². The van der Waals surface area contributed by atoms with E-state index in [4.69, 9.17) is 5.11 Å². The van der Waals surface area contributed by atoms with Gasteiger partial charge in [-0.2, -0.15) is 0 Å². The van der Waals surface area contributed by atoms with Crippen LogP contribution in [-0.2, 0) is 0 Å². The van der Waals surface area contributed by atoms with Crippen molar-refractivity contribution >= 4 is 5.97 Å². The van der Waals surface area contributed by atoms with Crippen LogP contribution >= 0.6 is 0 Å². The third kappa shape index (κ3) is 2.37. The molecule has 0 aliphatic heterocycles. The van der Waals surface area contributed by atoms with Gasteiger partial charge in [0.2, 0.25) is 0 Å². The predicted octanol–water partition coefficient (Wildman–Crippen LogP) is 3.99. The molecule has 0 unspecified atom stereocenters. The summed E-state index contributed by atoms with van der Waals surface area (Å²) in [7, 11) is 0. The van der Waals surface area contributed by atoms with E-state index in [0.29, 0.717) is 5.56 Å². The van der Waals surface area contributed by atoms with Gasteiger partial charge in [0.15, 0.2) is 0 Å². The summed E-state index contributed by atoms with van der Waals surface area (Å²) in [6.07, 6.45) is -2.79. The minimum Gasteiger partial charge on any atom is -0.478 e. The lowest BCUT2D eigenvalue weighted by atomic mass is 9.99. The third-order valence-corrected chi connectivity index (χ3v) is 2.63. The fourth-order valence-electron chi connectivity index (χ4n) is 1.74. The van der Waals surface area contributed by atoms with Crippen LogP contribution in [0.15, 0.2) is 48.5 Å². The zero-order valence-electron chi connectivity index (χ0n) is 9.31. The molecule has 0 saturated carbocycles. The number of rotatable bonds is 3. The molecule has 0 saturated heterocycles. The Balaban J connectivity index is 2.54. The molecule has 0 radical (unpaired) electrons. The van der Waals surface area contributed by atoms with Crippen molar-refractivity contribution in [1.29, 1.82) is 0 Å². The van der Waals surface area contributed by atoms with Crippen molar-refractivity contribution in [2.24, 2.45) is 0 Å². The highest BCUT2D eigenvalue weighted by Gasteiger charge is 2.18. The standard InChI is InChI=1S/C14H10F2O2/c15-13(16)11-7-6-10(8-12(11)14(17)18)9-4-2-1-3-5-9/h1-8,13H,(H,17,18). The van der Waals surface area contributed by atoms with E-state index < -0.39 is 18.0 Å². The lowest BCUT2D eigenvalue weighted by Gasteiger charge is -2.08. The molecule has 0 heterocycles. The second kappa shape index (κ2) is 4.96. The Bertz CT molecular complexity index is 565. The summed E-state index contributed by atoms with van der Waals surface area (Å²) in [6.45, 7) is 0. The molecule has 92 valence electrons. The van der Waals surface area contributed by atoms with Crippen molar-refractivity contribution in [2.75, 3.05) is 0 Å². The first kappa shape index (κ1) is 12.2. The molecule has 2 aromatic carbocycles.